The molecule has 0 spiro atoms. The first kappa shape index (κ1) is 9.78. The van der Waals surface area contributed by atoms with Crippen LogP contribution in [0, 0.1) is 14.9 Å². The summed E-state index contributed by atoms with van der Waals surface area (Å²) in [5.74, 6) is 0. The van der Waals surface area contributed by atoms with E-state index in [1.807, 2.05) is 12.1 Å². The third-order valence-corrected chi connectivity index (χ3v) is 3.05. The Balaban J connectivity index is 3.36. The van der Waals surface area contributed by atoms with Crippen molar-refractivity contribution in [2.45, 2.75) is 6.54 Å². The number of halogens is 2. The molecule has 0 aliphatic carbocycles. The Labute approximate surface area is 89.5 Å². The van der Waals surface area contributed by atoms with Crippen LogP contribution in [0.15, 0.2) is 12.1 Å². The smallest absolute Gasteiger partial charge is 0.102 e. The number of hydrogen-bond donors (Lipinski definition) is 1. The van der Waals surface area contributed by atoms with Crippen LogP contribution in [0.25, 0.3) is 0 Å². The molecule has 2 N–H and O–H groups in total. The van der Waals surface area contributed by atoms with Gasteiger partial charge < -0.3 is 5.73 Å². The summed E-state index contributed by atoms with van der Waals surface area (Å²) >= 11 is 7.87. The molecule has 0 heterocycles. The van der Waals surface area contributed by atoms with Gasteiger partial charge >= 0.3 is 0 Å². The maximum absolute atomic E-state index is 8.74. The van der Waals surface area contributed by atoms with Crippen LogP contribution in [0.2, 0.25) is 5.02 Å². The molecule has 0 aliphatic heterocycles. The molecular formula is C8H6ClIN2. The number of rotatable bonds is 1. The van der Waals surface area contributed by atoms with Gasteiger partial charge in [-0.1, -0.05) is 17.7 Å². The van der Waals surface area contributed by atoms with E-state index in [1.165, 1.54) is 0 Å². The van der Waals surface area contributed by atoms with E-state index in [2.05, 4.69) is 22.6 Å². The SMILES string of the molecule is N#Cc1c(Cl)ccc(CN)c1I. The van der Waals surface area contributed by atoms with Crippen LogP contribution >= 0.6 is 34.2 Å². The lowest BCUT2D eigenvalue weighted by atomic mass is 10.1. The molecule has 0 bridgehead atoms. The second-order valence-electron chi connectivity index (χ2n) is 2.21. The van der Waals surface area contributed by atoms with Crippen LogP contribution in [-0.4, -0.2) is 0 Å². The lowest BCUT2D eigenvalue weighted by Gasteiger charge is -2.03. The monoisotopic (exact) mass is 292 g/mol. The lowest BCUT2D eigenvalue weighted by molar-refractivity contribution is 1.06. The van der Waals surface area contributed by atoms with Crippen molar-refractivity contribution in [1.29, 1.82) is 5.26 Å². The predicted molar refractivity (Wildman–Crippen MR) is 56.8 cm³/mol. The normalized spacial score (nSPS) is 9.50. The zero-order valence-electron chi connectivity index (χ0n) is 6.14. The fourth-order valence-electron chi connectivity index (χ4n) is 0.856. The highest BCUT2D eigenvalue weighted by molar-refractivity contribution is 14.1. The average Bonchev–Trinajstić information content (AvgIpc) is 2.06. The van der Waals surface area contributed by atoms with Crippen molar-refractivity contribution in [1.82, 2.24) is 0 Å². The highest BCUT2D eigenvalue weighted by atomic mass is 127. The van der Waals surface area contributed by atoms with Crippen molar-refractivity contribution in [2.24, 2.45) is 5.73 Å². The Morgan fingerprint density at radius 3 is 2.75 bits per heavy atom. The van der Waals surface area contributed by atoms with Crippen molar-refractivity contribution < 1.29 is 0 Å². The molecule has 0 saturated carbocycles. The van der Waals surface area contributed by atoms with Crippen LogP contribution in [0.5, 0.6) is 0 Å². The predicted octanol–water partition coefficient (Wildman–Crippen LogP) is 2.27. The first-order valence-corrected chi connectivity index (χ1v) is 4.73. The Hall–Kier alpha value is -0.310. The largest absolute Gasteiger partial charge is 0.326 e. The fourth-order valence-corrected chi connectivity index (χ4v) is 2.03. The van der Waals surface area contributed by atoms with Crippen molar-refractivity contribution in [3.05, 3.63) is 31.9 Å². The average molecular weight is 293 g/mol. The van der Waals surface area contributed by atoms with E-state index < -0.39 is 0 Å². The molecule has 62 valence electrons. The van der Waals surface area contributed by atoms with Gasteiger partial charge in [-0.2, -0.15) is 5.26 Å². The Morgan fingerprint density at radius 2 is 2.25 bits per heavy atom. The highest BCUT2D eigenvalue weighted by Crippen LogP contribution is 2.23. The number of nitrogens with zero attached hydrogens (tertiary/aromatic N) is 1. The van der Waals surface area contributed by atoms with E-state index in [4.69, 9.17) is 22.6 Å². The second-order valence-corrected chi connectivity index (χ2v) is 3.70. The molecule has 1 rings (SSSR count). The Bertz CT molecular complexity index is 344. The van der Waals surface area contributed by atoms with Gasteiger partial charge in [0.1, 0.15) is 6.07 Å². The third kappa shape index (κ3) is 1.71. The topological polar surface area (TPSA) is 49.8 Å². The van der Waals surface area contributed by atoms with E-state index in [1.54, 1.807) is 6.07 Å². The third-order valence-electron chi connectivity index (χ3n) is 1.50. The summed E-state index contributed by atoms with van der Waals surface area (Å²) < 4.78 is 0.852. The van der Waals surface area contributed by atoms with E-state index in [9.17, 15) is 0 Å². The van der Waals surface area contributed by atoms with Gasteiger partial charge in [-0.25, -0.2) is 0 Å². The van der Waals surface area contributed by atoms with Gasteiger partial charge in [0, 0.05) is 10.1 Å². The molecular weight excluding hydrogens is 286 g/mol. The van der Waals surface area contributed by atoms with Gasteiger partial charge in [0.25, 0.3) is 0 Å². The van der Waals surface area contributed by atoms with Crippen molar-refractivity contribution in [2.75, 3.05) is 0 Å². The quantitative estimate of drug-likeness (QED) is 0.807. The molecule has 0 amide bonds. The minimum atomic E-state index is 0.435. The van der Waals surface area contributed by atoms with Crippen LogP contribution in [0.1, 0.15) is 11.1 Å². The van der Waals surface area contributed by atoms with Gasteiger partial charge in [-0.05, 0) is 34.2 Å². The lowest BCUT2D eigenvalue weighted by Crippen LogP contribution is -2.00. The first-order valence-electron chi connectivity index (χ1n) is 3.27. The number of nitrogens with two attached hydrogens (primary N) is 1. The van der Waals surface area contributed by atoms with Crippen molar-refractivity contribution in [3.8, 4) is 6.07 Å². The maximum Gasteiger partial charge on any atom is 0.102 e. The van der Waals surface area contributed by atoms with Gasteiger partial charge in [-0.15, -0.1) is 0 Å². The molecule has 0 radical (unpaired) electrons. The number of hydrogen-bond acceptors (Lipinski definition) is 2. The zero-order chi connectivity index (χ0) is 9.14. The Morgan fingerprint density at radius 1 is 1.58 bits per heavy atom. The Kier molecular flexibility index (Phi) is 3.32. The van der Waals surface area contributed by atoms with Crippen LogP contribution < -0.4 is 5.73 Å². The summed E-state index contributed by atoms with van der Waals surface area (Å²) in [6.07, 6.45) is 0. The summed E-state index contributed by atoms with van der Waals surface area (Å²) in [6.45, 7) is 0.435. The minimum absolute atomic E-state index is 0.435. The molecule has 1 aromatic carbocycles. The number of benzene rings is 1. The molecule has 12 heavy (non-hydrogen) atoms. The van der Waals surface area contributed by atoms with Gasteiger partial charge in [0.2, 0.25) is 0 Å². The van der Waals surface area contributed by atoms with Crippen LogP contribution in [0.4, 0.5) is 0 Å². The van der Waals surface area contributed by atoms with Gasteiger partial charge in [-0.3, -0.25) is 0 Å². The summed E-state index contributed by atoms with van der Waals surface area (Å²) in [6, 6.07) is 5.58. The van der Waals surface area contributed by atoms with Gasteiger partial charge in [0.05, 0.1) is 10.6 Å². The summed E-state index contributed by atoms with van der Waals surface area (Å²) in [7, 11) is 0. The van der Waals surface area contributed by atoms with Crippen LogP contribution in [-0.2, 0) is 6.54 Å². The second kappa shape index (κ2) is 4.08. The summed E-state index contributed by atoms with van der Waals surface area (Å²) in [4.78, 5) is 0. The molecule has 1 aromatic rings. The van der Waals surface area contributed by atoms with E-state index in [0.29, 0.717) is 17.1 Å². The molecule has 0 unspecified atom stereocenters. The standard InChI is InChI=1S/C8H6ClIN2/c9-7-2-1-5(3-11)8(10)6(7)4-12/h1-2H,3,11H2. The molecule has 0 aliphatic rings. The minimum Gasteiger partial charge on any atom is -0.326 e. The molecule has 0 saturated heterocycles. The fraction of sp³-hybridized carbons (Fsp3) is 0.125. The summed E-state index contributed by atoms with van der Waals surface area (Å²) in [5.41, 5.74) is 6.94. The molecule has 0 atom stereocenters. The highest BCUT2D eigenvalue weighted by Gasteiger charge is 2.07. The van der Waals surface area contributed by atoms with Gasteiger partial charge in [0.15, 0.2) is 0 Å². The van der Waals surface area contributed by atoms with Crippen molar-refractivity contribution in [3.63, 3.8) is 0 Å². The first-order chi connectivity index (χ1) is 5.70. The summed E-state index contributed by atoms with van der Waals surface area (Å²) in [5, 5.41) is 9.22. The van der Waals surface area contributed by atoms with E-state index in [0.717, 1.165) is 9.13 Å². The van der Waals surface area contributed by atoms with E-state index in [-0.39, 0.29) is 0 Å². The molecule has 0 fully saturated rings. The zero-order valence-corrected chi connectivity index (χ0v) is 9.06. The van der Waals surface area contributed by atoms with E-state index >= 15 is 0 Å². The van der Waals surface area contributed by atoms with Crippen molar-refractivity contribution >= 4 is 34.2 Å². The molecule has 4 heteroatoms. The van der Waals surface area contributed by atoms with Crippen LogP contribution in [0.3, 0.4) is 0 Å². The number of nitriles is 1. The maximum atomic E-state index is 8.74. The molecule has 2 nitrogen and oxygen atoms in total. The molecule has 0 aromatic heterocycles.